The number of benzene rings is 2. The number of amides is 1. The van der Waals surface area contributed by atoms with Crippen LogP contribution < -0.4 is 9.64 Å². The number of piperazine rings is 1. The Labute approximate surface area is 237 Å². The summed E-state index contributed by atoms with van der Waals surface area (Å²) >= 11 is 0. The van der Waals surface area contributed by atoms with Crippen LogP contribution >= 0.6 is 0 Å². The molecular weight excluding hydrogens is 525 g/mol. The smallest absolute Gasteiger partial charge is 0.410 e. The van der Waals surface area contributed by atoms with Crippen molar-refractivity contribution in [2.45, 2.75) is 51.3 Å². The minimum atomic E-state index is -0.554. The van der Waals surface area contributed by atoms with Crippen LogP contribution in [0.5, 0.6) is 5.75 Å². The number of rotatable bonds is 6. The van der Waals surface area contributed by atoms with Gasteiger partial charge in [0.2, 0.25) is 0 Å². The first-order valence-electron chi connectivity index (χ1n) is 13.7. The Kier molecular flexibility index (Phi) is 6.63. The van der Waals surface area contributed by atoms with Crippen molar-refractivity contribution in [3.05, 3.63) is 71.9 Å². The van der Waals surface area contributed by atoms with Gasteiger partial charge in [-0.1, -0.05) is 12.1 Å². The van der Waals surface area contributed by atoms with Gasteiger partial charge in [0, 0.05) is 48.8 Å². The number of fused-ring (bicyclic) bond motifs is 3. The molecule has 2 aromatic heterocycles. The van der Waals surface area contributed by atoms with Crippen molar-refractivity contribution in [3.63, 3.8) is 0 Å². The molecule has 0 radical (unpaired) electrons. The zero-order chi connectivity index (χ0) is 28.9. The first-order chi connectivity index (χ1) is 19.6. The molecule has 2 atom stereocenters. The highest BCUT2D eigenvalue weighted by Crippen LogP contribution is 2.41. The minimum Gasteiger partial charge on any atom is -0.496 e. The summed E-state index contributed by atoms with van der Waals surface area (Å²) in [5, 5.41) is 1.02. The van der Waals surface area contributed by atoms with Crippen LogP contribution in [0.1, 0.15) is 43.2 Å². The quantitative estimate of drug-likeness (QED) is 0.317. The van der Waals surface area contributed by atoms with E-state index in [0.29, 0.717) is 18.8 Å². The van der Waals surface area contributed by atoms with Crippen LogP contribution in [0.4, 0.5) is 14.9 Å². The summed E-state index contributed by atoms with van der Waals surface area (Å²) < 4.78 is 25.6. The largest absolute Gasteiger partial charge is 0.496 e. The average molecular weight is 558 g/mol. The second kappa shape index (κ2) is 10.2. The molecule has 2 aliphatic rings. The van der Waals surface area contributed by atoms with Crippen molar-refractivity contribution in [2.75, 3.05) is 25.1 Å². The lowest BCUT2D eigenvalue weighted by Crippen LogP contribution is -2.50. The Hall–Kier alpha value is -4.47. The van der Waals surface area contributed by atoms with E-state index in [1.807, 2.05) is 50.1 Å². The third-order valence-electron chi connectivity index (χ3n) is 7.66. The summed E-state index contributed by atoms with van der Waals surface area (Å²) in [6.45, 7) is 6.83. The molecule has 0 spiro atoms. The number of carbonyl (C=O) groups excluding carboxylic acids is 2. The number of anilines is 1. The number of hydrogen-bond acceptors (Lipinski definition) is 7. The van der Waals surface area contributed by atoms with Crippen LogP contribution in [0.25, 0.3) is 22.3 Å². The van der Waals surface area contributed by atoms with Crippen molar-refractivity contribution in [1.82, 2.24) is 19.9 Å². The third kappa shape index (κ3) is 4.98. The number of nitrogens with zero attached hydrogens (tertiary/aromatic N) is 4. The Bertz CT molecular complexity index is 1650. The van der Waals surface area contributed by atoms with Gasteiger partial charge in [0.05, 0.1) is 24.4 Å². The number of carbonyl (C=O) groups is 2. The number of ketones is 1. The first-order valence-corrected chi connectivity index (χ1v) is 13.7. The molecule has 2 fully saturated rings. The molecule has 2 bridgehead atoms. The molecule has 41 heavy (non-hydrogen) atoms. The van der Waals surface area contributed by atoms with Crippen molar-refractivity contribution < 1.29 is 23.5 Å². The molecule has 212 valence electrons. The molecule has 6 rings (SSSR count). The van der Waals surface area contributed by atoms with E-state index in [1.165, 1.54) is 19.4 Å². The maximum atomic E-state index is 14.7. The number of ether oxygens (including phenoxy) is 2. The van der Waals surface area contributed by atoms with Gasteiger partial charge in [0.15, 0.2) is 11.6 Å². The number of nitrogens with one attached hydrogen (secondary N) is 1. The number of methoxy groups -OCH3 is 1. The molecule has 9 nitrogen and oxygen atoms in total. The molecule has 0 unspecified atom stereocenters. The fourth-order valence-corrected chi connectivity index (χ4v) is 5.92. The monoisotopic (exact) mass is 557 g/mol. The van der Waals surface area contributed by atoms with Crippen LogP contribution in [0.2, 0.25) is 0 Å². The van der Waals surface area contributed by atoms with Gasteiger partial charge in [-0.15, -0.1) is 0 Å². The van der Waals surface area contributed by atoms with E-state index in [1.54, 1.807) is 18.2 Å². The van der Waals surface area contributed by atoms with Gasteiger partial charge in [-0.2, -0.15) is 0 Å². The van der Waals surface area contributed by atoms with Gasteiger partial charge in [0.25, 0.3) is 0 Å². The summed E-state index contributed by atoms with van der Waals surface area (Å²) in [7, 11) is 1.45. The number of hydrogen-bond donors (Lipinski definition) is 1. The average Bonchev–Trinajstić information content (AvgIpc) is 3.68. The second-order valence-corrected chi connectivity index (χ2v) is 11.5. The van der Waals surface area contributed by atoms with E-state index < -0.39 is 11.4 Å². The van der Waals surface area contributed by atoms with Gasteiger partial charge in [-0.3, -0.25) is 4.79 Å². The first kappa shape index (κ1) is 26.7. The van der Waals surface area contributed by atoms with E-state index in [0.717, 1.165) is 28.6 Å². The molecule has 4 heterocycles. The molecule has 0 aliphatic carbocycles. The predicted octanol–water partition coefficient (Wildman–Crippen LogP) is 5.40. The van der Waals surface area contributed by atoms with Crippen LogP contribution in [-0.4, -0.2) is 69.6 Å². The van der Waals surface area contributed by atoms with Crippen molar-refractivity contribution >= 4 is 28.5 Å². The van der Waals surface area contributed by atoms with E-state index in [2.05, 4.69) is 19.9 Å². The summed E-state index contributed by atoms with van der Waals surface area (Å²) in [6, 6.07) is 12.1. The standard InChI is InChI=1S/C31H32FN5O4/c1-31(2,3)41-30(39)37-17-19-15-20(37)16-36(19)28-18(8-9-23-21(28)10-12-33-23)14-25(38)24-11-13-34-29(35-24)27-22(32)6-5-7-26(27)40-4/h5-13,19-20,33H,14-17H2,1-4H3/t19-,20-/m0/s1. The van der Waals surface area contributed by atoms with Crippen LogP contribution in [0.3, 0.4) is 0 Å². The Balaban J connectivity index is 1.28. The fourth-order valence-electron chi connectivity index (χ4n) is 5.92. The molecule has 10 heteroatoms. The summed E-state index contributed by atoms with van der Waals surface area (Å²) in [5.74, 6) is -0.357. The molecule has 4 aromatic rings. The summed E-state index contributed by atoms with van der Waals surface area (Å²) in [5.41, 5.74) is 2.57. The fraction of sp³-hybridized carbons (Fsp3) is 0.355. The lowest BCUT2D eigenvalue weighted by molar-refractivity contribution is 0.0214. The number of halogens is 1. The lowest BCUT2D eigenvalue weighted by Gasteiger charge is -2.37. The van der Waals surface area contributed by atoms with Gasteiger partial charge >= 0.3 is 6.09 Å². The van der Waals surface area contributed by atoms with E-state index in [4.69, 9.17) is 9.47 Å². The third-order valence-corrected chi connectivity index (χ3v) is 7.66. The number of H-pyrrole nitrogens is 1. The zero-order valence-electron chi connectivity index (χ0n) is 23.5. The van der Waals surface area contributed by atoms with Crippen LogP contribution in [-0.2, 0) is 11.2 Å². The van der Waals surface area contributed by atoms with E-state index >= 15 is 0 Å². The molecule has 2 saturated heterocycles. The van der Waals surface area contributed by atoms with Gasteiger partial charge < -0.3 is 24.3 Å². The highest BCUT2D eigenvalue weighted by Gasteiger charge is 2.47. The molecular formula is C31H32FN5O4. The Morgan fingerprint density at radius 2 is 1.93 bits per heavy atom. The summed E-state index contributed by atoms with van der Waals surface area (Å²) in [6.07, 6.45) is 4.01. The van der Waals surface area contributed by atoms with Crippen molar-refractivity contribution in [2.24, 2.45) is 0 Å². The van der Waals surface area contributed by atoms with Crippen molar-refractivity contribution in [1.29, 1.82) is 0 Å². The molecule has 2 aromatic carbocycles. The maximum absolute atomic E-state index is 14.7. The van der Waals surface area contributed by atoms with Crippen LogP contribution in [0, 0.1) is 5.82 Å². The Morgan fingerprint density at radius 3 is 2.66 bits per heavy atom. The number of aromatic nitrogens is 3. The van der Waals surface area contributed by atoms with Gasteiger partial charge in [0.1, 0.15) is 22.9 Å². The Morgan fingerprint density at radius 1 is 1.10 bits per heavy atom. The zero-order valence-corrected chi connectivity index (χ0v) is 23.5. The normalized spacial score (nSPS) is 18.3. The predicted molar refractivity (Wildman–Crippen MR) is 153 cm³/mol. The maximum Gasteiger partial charge on any atom is 0.410 e. The SMILES string of the molecule is COc1cccc(F)c1-c1nccc(C(=O)Cc2ccc3[nH]ccc3c2N2C[C@@H]3C[C@H]2CN3C(=O)OC(C)(C)C)n1. The van der Waals surface area contributed by atoms with E-state index in [-0.39, 0.29) is 47.5 Å². The number of likely N-dealkylation sites (tertiary alicyclic amines) is 1. The minimum absolute atomic E-state index is 0.0350. The molecule has 0 saturated carbocycles. The second-order valence-electron chi connectivity index (χ2n) is 11.5. The topological polar surface area (TPSA) is 101 Å². The number of aromatic amines is 1. The highest BCUT2D eigenvalue weighted by atomic mass is 19.1. The molecule has 1 N–H and O–H groups in total. The van der Waals surface area contributed by atoms with E-state index in [9.17, 15) is 14.0 Å². The lowest BCUT2D eigenvalue weighted by atomic mass is 10.0. The molecule has 1 amide bonds. The van der Waals surface area contributed by atoms with Crippen LogP contribution in [0.15, 0.2) is 54.9 Å². The molecule has 2 aliphatic heterocycles. The van der Waals surface area contributed by atoms with Gasteiger partial charge in [-0.25, -0.2) is 19.2 Å². The number of Topliss-reactive ketones (excluding diaryl/α,β-unsaturated/α-hetero) is 1. The summed E-state index contributed by atoms with van der Waals surface area (Å²) in [4.78, 5) is 42.5. The highest BCUT2D eigenvalue weighted by molar-refractivity contribution is 6.01. The van der Waals surface area contributed by atoms with Crippen molar-refractivity contribution in [3.8, 4) is 17.1 Å². The van der Waals surface area contributed by atoms with Gasteiger partial charge in [-0.05, 0) is 63.1 Å².